The topological polar surface area (TPSA) is 82.4 Å². The summed E-state index contributed by atoms with van der Waals surface area (Å²) in [6.45, 7) is 2.99. The van der Waals surface area contributed by atoms with Crippen molar-refractivity contribution in [2.24, 2.45) is 5.92 Å². The minimum Gasteiger partial charge on any atom is -0.466 e. The van der Waals surface area contributed by atoms with Crippen LogP contribution in [0.1, 0.15) is 19.8 Å². The number of hydrogen-bond donors (Lipinski definition) is 1. The van der Waals surface area contributed by atoms with E-state index in [2.05, 4.69) is 5.32 Å². The Labute approximate surface area is 152 Å². The van der Waals surface area contributed by atoms with Crippen molar-refractivity contribution < 1.29 is 14.3 Å². The van der Waals surface area contributed by atoms with Crippen molar-refractivity contribution in [2.45, 2.75) is 19.8 Å². The van der Waals surface area contributed by atoms with E-state index in [1.165, 1.54) is 6.20 Å². The lowest BCUT2D eigenvalue weighted by Crippen LogP contribution is -2.41. The van der Waals surface area contributed by atoms with Gasteiger partial charge in [-0.2, -0.15) is 5.26 Å². The zero-order valence-electron chi connectivity index (χ0n) is 14.0. The molecule has 0 aliphatic carbocycles. The fraction of sp³-hybridized carbons (Fsp3) is 0.389. The van der Waals surface area contributed by atoms with E-state index in [0.29, 0.717) is 37.6 Å². The number of amides is 1. The van der Waals surface area contributed by atoms with Gasteiger partial charge in [-0.25, -0.2) is 0 Å². The predicted molar refractivity (Wildman–Crippen MR) is 94.7 cm³/mol. The molecule has 25 heavy (non-hydrogen) atoms. The second-order valence-corrected chi connectivity index (χ2v) is 6.08. The van der Waals surface area contributed by atoms with Gasteiger partial charge in [0.25, 0.3) is 5.91 Å². The number of benzene rings is 1. The van der Waals surface area contributed by atoms with Gasteiger partial charge in [0.05, 0.1) is 12.5 Å². The number of nitriles is 1. The van der Waals surface area contributed by atoms with Crippen LogP contribution in [0.2, 0.25) is 5.02 Å². The maximum atomic E-state index is 12.5. The van der Waals surface area contributed by atoms with Crippen LogP contribution in [0.4, 0.5) is 5.69 Å². The van der Waals surface area contributed by atoms with Crippen LogP contribution in [0.25, 0.3) is 0 Å². The Morgan fingerprint density at radius 1 is 1.36 bits per heavy atom. The molecule has 1 aliphatic heterocycles. The van der Waals surface area contributed by atoms with Crippen molar-refractivity contribution in [1.82, 2.24) is 4.90 Å². The summed E-state index contributed by atoms with van der Waals surface area (Å²) in [4.78, 5) is 25.8. The number of carbonyl (C=O) groups is 2. The number of halogens is 1. The minimum atomic E-state index is -0.341. The highest BCUT2D eigenvalue weighted by Gasteiger charge is 2.29. The van der Waals surface area contributed by atoms with E-state index >= 15 is 0 Å². The number of nitrogens with zero attached hydrogens (tertiary/aromatic N) is 2. The van der Waals surface area contributed by atoms with E-state index in [-0.39, 0.29) is 23.4 Å². The Morgan fingerprint density at radius 2 is 2.00 bits per heavy atom. The lowest BCUT2D eigenvalue weighted by Gasteiger charge is -2.30. The Hall–Kier alpha value is -2.52. The molecular formula is C18H20ClN3O3. The summed E-state index contributed by atoms with van der Waals surface area (Å²) in [5.41, 5.74) is 0.746. The fourth-order valence-corrected chi connectivity index (χ4v) is 2.72. The van der Waals surface area contributed by atoms with Crippen LogP contribution in [0, 0.1) is 17.2 Å². The summed E-state index contributed by atoms with van der Waals surface area (Å²) in [5.74, 6) is -0.730. The van der Waals surface area contributed by atoms with Gasteiger partial charge in [-0.15, -0.1) is 0 Å². The molecule has 1 heterocycles. The van der Waals surface area contributed by atoms with E-state index < -0.39 is 0 Å². The number of likely N-dealkylation sites (tertiary alicyclic amines) is 1. The van der Waals surface area contributed by atoms with Crippen molar-refractivity contribution in [3.05, 3.63) is 41.1 Å². The first kappa shape index (κ1) is 18.8. The minimum absolute atomic E-state index is 0.0181. The molecule has 132 valence electrons. The Balaban J connectivity index is 1.94. The number of rotatable bonds is 5. The largest absolute Gasteiger partial charge is 0.466 e. The number of piperidine rings is 1. The van der Waals surface area contributed by atoms with Gasteiger partial charge in [0.2, 0.25) is 0 Å². The van der Waals surface area contributed by atoms with Crippen molar-refractivity contribution in [3.8, 4) is 6.07 Å². The summed E-state index contributed by atoms with van der Waals surface area (Å²) >= 11 is 5.82. The molecule has 0 unspecified atom stereocenters. The third kappa shape index (κ3) is 5.23. The molecule has 0 aromatic heterocycles. The third-order valence-electron chi connectivity index (χ3n) is 3.98. The van der Waals surface area contributed by atoms with Crippen LogP contribution in [0.3, 0.4) is 0 Å². The maximum absolute atomic E-state index is 12.5. The van der Waals surface area contributed by atoms with Crippen LogP contribution in [0.5, 0.6) is 0 Å². The molecule has 0 atom stereocenters. The molecule has 0 spiro atoms. The molecule has 1 saturated heterocycles. The SMILES string of the molecule is CCOC(=O)C1CCN(C(=O)/C(C#N)=C\Nc2ccc(Cl)cc2)CC1. The highest BCUT2D eigenvalue weighted by Crippen LogP contribution is 2.20. The smallest absolute Gasteiger partial charge is 0.309 e. The zero-order chi connectivity index (χ0) is 18.2. The summed E-state index contributed by atoms with van der Waals surface area (Å²) in [6.07, 6.45) is 2.49. The Kier molecular flexibility index (Phi) is 6.84. The molecular weight excluding hydrogens is 342 g/mol. The first-order valence-electron chi connectivity index (χ1n) is 8.13. The zero-order valence-corrected chi connectivity index (χ0v) is 14.8. The first-order chi connectivity index (χ1) is 12.0. The Bertz CT molecular complexity index is 687. The van der Waals surface area contributed by atoms with Crippen molar-refractivity contribution >= 4 is 29.2 Å². The van der Waals surface area contributed by atoms with Crippen LogP contribution in [-0.2, 0) is 14.3 Å². The van der Waals surface area contributed by atoms with Crippen molar-refractivity contribution in [1.29, 1.82) is 5.26 Å². The van der Waals surface area contributed by atoms with Gasteiger partial charge in [-0.05, 0) is 44.0 Å². The highest BCUT2D eigenvalue weighted by atomic mass is 35.5. The quantitative estimate of drug-likeness (QED) is 0.495. The predicted octanol–water partition coefficient (Wildman–Crippen LogP) is 2.96. The summed E-state index contributed by atoms with van der Waals surface area (Å²) in [5, 5.41) is 12.8. The molecule has 1 amide bonds. The standard InChI is InChI=1S/C18H20ClN3O3/c1-2-25-18(24)13-7-9-22(10-8-13)17(23)14(11-20)12-21-16-5-3-15(19)4-6-16/h3-6,12-13,21H,2,7-10H2,1H3/b14-12-. The molecule has 1 fully saturated rings. The summed E-state index contributed by atoms with van der Waals surface area (Å²) in [6, 6.07) is 8.86. The van der Waals surface area contributed by atoms with Crippen LogP contribution >= 0.6 is 11.6 Å². The lowest BCUT2D eigenvalue weighted by molar-refractivity contribution is -0.150. The van der Waals surface area contributed by atoms with E-state index in [0.717, 1.165) is 5.69 Å². The number of esters is 1. The van der Waals surface area contributed by atoms with Gasteiger partial charge in [0.1, 0.15) is 11.6 Å². The fourth-order valence-electron chi connectivity index (χ4n) is 2.59. The van der Waals surface area contributed by atoms with E-state index in [9.17, 15) is 14.9 Å². The van der Waals surface area contributed by atoms with E-state index in [1.54, 1.807) is 36.1 Å². The van der Waals surface area contributed by atoms with Gasteiger partial charge < -0.3 is 15.0 Å². The van der Waals surface area contributed by atoms with Gasteiger partial charge in [0.15, 0.2) is 0 Å². The molecule has 1 aliphatic rings. The summed E-state index contributed by atoms with van der Waals surface area (Å²) in [7, 11) is 0. The number of hydrogen-bond acceptors (Lipinski definition) is 5. The third-order valence-corrected chi connectivity index (χ3v) is 4.23. The molecule has 0 saturated carbocycles. The molecule has 0 bridgehead atoms. The highest BCUT2D eigenvalue weighted by molar-refractivity contribution is 6.30. The number of ether oxygens (including phenoxy) is 1. The van der Waals surface area contributed by atoms with Crippen LogP contribution in [-0.4, -0.2) is 36.5 Å². The number of anilines is 1. The average molecular weight is 362 g/mol. The normalized spacial score (nSPS) is 15.4. The Morgan fingerprint density at radius 3 is 2.56 bits per heavy atom. The number of nitrogens with one attached hydrogen (secondary N) is 1. The van der Waals surface area contributed by atoms with Crippen LogP contribution < -0.4 is 5.32 Å². The second kappa shape index (κ2) is 9.09. The van der Waals surface area contributed by atoms with Gasteiger partial charge in [-0.3, -0.25) is 9.59 Å². The lowest BCUT2D eigenvalue weighted by atomic mass is 9.96. The molecule has 6 nitrogen and oxygen atoms in total. The molecule has 0 radical (unpaired) electrons. The van der Waals surface area contributed by atoms with E-state index in [1.807, 2.05) is 6.07 Å². The van der Waals surface area contributed by atoms with Crippen LogP contribution in [0.15, 0.2) is 36.0 Å². The molecule has 1 aromatic carbocycles. The molecule has 2 rings (SSSR count). The monoisotopic (exact) mass is 361 g/mol. The second-order valence-electron chi connectivity index (χ2n) is 5.64. The van der Waals surface area contributed by atoms with E-state index in [4.69, 9.17) is 16.3 Å². The number of carbonyl (C=O) groups excluding carboxylic acids is 2. The molecule has 1 aromatic rings. The molecule has 7 heteroatoms. The summed E-state index contributed by atoms with van der Waals surface area (Å²) < 4.78 is 5.02. The average Bonchev–Trinajstić information content (AvgIpc) is 2.64. The molecule has 1 N–H and O–H groups in total. The van der Waals surface area contributed by atoms with Gasteiger partial charge in [0, 0.05) is 30.0 Å². The van der Waals surface area contributed by atoms with Crippen molar-refractivity contribution in [3.63, 3.8) is 0 Å². The van der Waals surface area contributed by atoms with Crippen molar-refractivity contribution in [2.75, 3.05) is 25.0 Å². The first-order valence-corrected chi connectivity index (χ1v) is 8.51. The van der Waals surface area contributed by atoms with Gasteiger partial charge >= 0.3 is 5.97 Å². The van der Waals surface area contributed by atoms with Gasteiger partial charge in [-0.1, -0.05) is 11.6 Å². The maximum Gasteiger partial charge on any atom is 0.309 e.